The molecule has 2 nitrogen and oxygen atoms in total. The van der Waals surface area contributed by atoms with E-state index in [1.54, 1.807) is 17.2 Å². The average molecular weight is 207 g/mol. The van der Waals surface area contributed by atoms with Gasteiger partial charge in [-0.1, -0.05) is 17.8 Å². The van der Waals surface area contributed by atoms with Crippen LogP contribution in [0.25, 0.3) is 0 Å². The molecule has 13 heavy (non-hydrogen) atoms. The fraction of sp³-hybridized carbons (Fsp3) is 0.625. The Morgan fingerprint density at radius 3 is 2.69 bits per heavy atom. The molecule has 0 N–H and O–H groups in total. The molecular weight excluding hydrogens is 196 g/mol. The molecule has 0 aromatic carbocycles. The van der Waals surface area contributed by atoms with Crippen molar-refractivity contribution >= 4 is 16.9 Å². The summed E-state index contributed by atoms with van der Waals surface area (Å²) in [6.07, 6.45) is 4.72. The number of thioether (sulfide) groups is 1. The van der Waals surface area contributed by atoms with E-state index in [9.17, 15) is 13.6 Å². The maximum atomic E-state index is 12.3. The molecule has 1 rings (SSSR count). The van der Waals surface area contributed by atoms with E-state index in [-0.39, 0.29) is 18.2 Å². The maximum absolute atomic E-state index is 12.3. The predicted molar refractivity (Wildman–Crippen MR) is 49.0 cm³/mol. The highest BCUT2D eigenvalue weighted by Crippen LogP contribution is 2.25. The minimum atomic E-state index is -2.52. The van der Waals surface area contributed by atoms with E-state index >= 15 is 0 Å². The first-order chi connectivity index (χ1) is 6.03. The molecule has 74 valence electrons. The molecule has 0 atom stereocenters. The Kier molecular flexibility index (Phi) is 3.44. The van der Waals surface area contributed by atoms with E-state index in [2.05, 4.69) is 0 Å². The highest BCUT2D eigenvalue weighted by molar-refractivity contribution is 8.13. The molecule has 0 saturated carbocycles. The smallest absolute Gasteiger partial charge is 0.272 e. The minimum absolute atomic E-state index is 0.0488. The third-order valence-electron chi connectivity index (χ3n) is 1.73. The van der Waals surface area contributed by atoms with Crippen LogP contribution in [0.5, 0.6) is 0 Å². The lowest BCUT2D eigenvalue weighted by molar-refractivity contribution is -0.125. The molecule has 0 aliphatic carbocycles. The van der Waals surface area contributed by atoms with Crippen LogP contribution < -0.4 is 0 Å². The molecule has 0 spiro atoms. The molecule has 0 radical (unpaired) electrons. The van der Waals surface area contributed by atoms with Gasteiger partial charge in [0.15, 0.2) is 0 Å². The molecule has 1 aliphatic heterocycles. The monoisotopic (exact) mass is 207 g/mol. The standard InChI is InChI=1S/C8H11F2NOS/c1-13-7(12)3-2-4-11-5-8(9,10)6-11/h2-3H,4-6H2,1H3/b3-2+. The molecule has 0 bridgehead atoms. The zero-order valence-corrected chi connectivity index (χ0v) is 8.11. The van der Waals surface area contributed by atoms with E-state index in [0.29, 0.717) is 6.54 Å². The first-order valence-corrected chi connectivity index (χ1v) is 5.11. The van der Waals surface area contributed by atoms with Crippen LogP contribution in [-0.2, 0) is 4.79 Å². The summed E-state index contributed by atoms with van der Waals surface area (Å²) in [5.74, 6) is -2.52. The van der Waals surface area contributed by atoms with Gasteiger partial charge < -0.3 is 0 Å². The van der Waals surface area contributed by atoms with Crippen LogP contribution in [0.1, 0.15) is 0 Å². The highest BCUT2D eigenvalue weighted by atomic mass is 32.2. The Hall–Kier alpha value is -0.420. The van der Waals surface area contributed by atoms with Crippen molar-refractivity contribution in [1.29, 1.82) is 0 Å². The van der Waals surface area contributed by atoms with E-state index in [1.807, 2.05) is 0 Å². The second-order valence-corrected chi connectivity index (χ2v) is 3.76. The molecule has 0 amide bonds. The molecular formula is C8H11F2NOS. The van der Waals surface area contributed by atoms with Gasteiger partial charge in [0.25, 0.3) is 5.92 Å². The lowest BCUT2D eigenvalue weighted by Gasteiger charge is -2.37. The summed E-state index contributed by atoms with van der Waals surface area (Å²) in [4.78, 5) is 12.3. The Balaban J connectivity index is 2.15. The summed E-state index contributed by atoms with van der Waals surface area (Å²) >= 11 is 1.11. The number of alkyl halides is 2. The van der Waals surface area contributed by atoms with Gasteiger partial charge in [-0.3, -0.25) is 9.69 Å². The fourth-order valence-corrected chi connectivity index (χ4v) is 1.34. The molecule has 0 aromatic heterocycles. The number of rotatable bonds is 3. The molecule has 1 aliphatic rings. The second kappa shape index (κ2) is 4.19. The number of likely N-dealkylation sites (tertiary alicyclic amines) is 1. The Morgan fingerprint density at radius 2 is 2.23 bits per heavy atom. The van der Waals surface area contributed by atoms with Crippen molar-refractivity contribution in [3.63, 3.8) is 0 Å². The predicted octanol–water partition coefficient (Wildman–Crippen LogP) is 1.38. The number of carbonyl (C=O) groups excluding carboxylic acids is 1. The summed E-state index contributed by atoms with van der Waals surface area (Å²) in [7, 11) is 0. The van der Waals surface area contributed by atoms with Crippen LogP contribution in [0.15, 0.2) is 12.2 Å². The van der Waals surface area contributed by atoms with Gasteiger partial charge in [0.2, 0.25) is 5.12 Å². The van der Waals surface area contributed by atoms with Crippen LogP contribution in [0.4, 0.5) is 8.78 Å². The Bertz CT molecular complexity index is 222. The zero-order chi connectivity index (χ0) is 9.90. The van der Waals surface area contributed by atoms with Crippen molar-refractivity contribution in [3.8, 4) is 0 Å². The van der Waals surface area contributed by atoms with Crippen molar-refractivity contribution < 1.29 is 13.6 Å². The minimum Gasteiger partial charge on any atom is -0.288 e. The number of carbonyl (C=O) groups is 1. The summed E-state index contributed by atoms with van der Waals surface area (Å²) in [6, 6.07) is 0. The average Bonchev–Trinajstić information content (AvgIpc) is 2.00. The topological polar surface area (TPSA) is 20.3 Å². The largest absolute Gasteiger partial charge is 0.288 e. The van der Waals surface area contributed by atoms with Crippen LogP contribution in [0.3, 0.4) is 0 Å². The van der Waals surface area contributed by atoms with E-state index in [4.69, 9.17) is 0 Å². The molecule has 0 unspecified atom stereocenters. The van der Waals surface area contributed by atoms with Gasteiger partial charge in [-0.05, 0) is 12.3 Å². The van der Waals surface area contributed by atoms with Crippen molar-refractivity contribution in [2.24, 2.45) is 0 Å². The van der Waals surface area contributed by atoms with Gasteiger partial charge >= 0.3 is 0 Å². The lowest BCUT2D eigenvalue weighted by Crippen LogP contribution is -2.55. The number of halogens is 2. The first kappa shape index (κ1) is 10.7. The number of nitrogens with zero attached hydrogens (tertiary/aromatic N) is 1. The third-order valence-corrected chi connectivity index (χ3v) is 2.27. The summed E-state index contributed by atoms with van der Waals surface area (Å²) < 4.78 is 24.6. The van der Waals surface area contributed by atoms with Crippen LogP contribution >= 0.6 is 11.8 Å². The van der Waals surface area contributed by atoms with E-state index in [0.717, 1.165) is 11.8 Å². The summed E-state index contributed by atoms with van der Waals surface area (Å²) in [5, 5.41) is -0.0488. The first-order valence-electron chi connectivity index (χ1n) is 3.88. The van der Waals surface area contributed by atoms with Gasteiger partial charge in [-0.25, -0.2) is 8.78 Å². The number of hydrogen-bond donors (Lipinski definition) is 0. The SMILES string of the molecule is CSC(=O)/C=C/CN1CC(F)(F)C1. The summed E-state index contributed by atoms with van der Waals surface area (Å²) in [6.45, 7) is 0.0531. The van der Waals surface area contributed by atoms with Gasteiger partial charge in [-0.15, -0.1) is 0 Å². The fourth-order valence-electron chi connectivity index (χ4n) is 1.10. The van der Waals surface area contributed by atoms with Crippen molar-refractivity contribution in [2.45, 2.75) is 5.92 Å². The Morgan fingerprint density at radius 1 is 1.62 bits per heavy atom. The van der Waals surface area contributed by atoms with Crippen molar-refractivity contribution in [3.05, 3.63) is 12.2 Å². The molecule has 1 saturated heterocycles. The van der Waals surface area contributed by atoms with Gasteiger partial charge in [0.1, 0.15) is 0 Å². The number of hydrogen-bond acceptors (Lipinski definition) is 3. The molecule has 5 heteroatoms. The van der Waals surface area contributed by atoms with Crippen LogP contribution in [0, 0.1) is 0 Å². The van der Waals surface area contributed by atoms with Crippen LogP contribution in [0.2, 0.25) is 0 Å². The molecule has 1 heterocycles. The van der Waals surface area contributed by atoms with Gasteiger partial charge in [0.05, 0.1) is 13.1 Å². The van der Waals surface area contributed by atoms with Gasteiger partial charge in [-0.2, -0.15) is 0 Å². The molecule has 0 aromatic rings. The highest BCUT2D eigenvalue weighted by Gasteiger charge is 2.42. The Labute approximate surface area is 80.0 Å². The lowest BCUT2D eigenvalue weighted by atomic mass is 10.1. The quantitative estimate of drug-likeness (QED) is 0.652. The van der Waals surface area contributed by atoms with E-state index < -0.39 is 5.92 Å². The second-order valence-electron chi connectivity index (χ2n) is 2.95. The third kappa shape index (κ3) is 3.44. The van der Waals surface area contributed by atoms with E-state index in [1.165, 1.54) is 6.08 Å². The maximum Gasteiger partial charge on any atom is 0.272 e. The molecule has 1 fully saturated rings. The zero-order valence-electron chi connectivity index (χ0n) is 7.30. The summed E-state index contributed by atoms with van der Waals surface area (Å²) in [5.41, 5.74) is 0. The van der Waals surface area contributed by atoms with Crippen molar-refractivity contribution in [2.75, 3.05) is 25.9 Å². The van der Waals surface area contributed by atoms with Crippen molar-refractivity contribution in [1.82, 2.24) is 4.90 Å². The van der Waals surface area contributed by atoms with Crippen LogP contribution in [-0.4, -0.2) is 41.8 Å². The van der Waals surface area contributed by atoms with Gasteiger partial charge in [0, 0.05) is 6.54 Å². The normalized spacial score (nSPS) is 21.8.